The molecule has 0 aliphatic carbocycles. The van der Waals surface area contributed by atoms with Crippen LogP contribution in [-0.4, -0.2) is 643 Å². The molecule has 0 bridgehead atoms. The summed E-state index contributed by atoms with van der Waals surface area (Å²) in [5.41, 5.74) is 0. The van der Waals surface area contributed by atoms with E-state index in [2.05, 4.69) is 5.32 Å². The van der Waals surface area contributed by atoms with E-state index in [0.29, 0.717) is 0 Å². The summed E-state index contributed by atoms with van der Waals surface area (Å²) in [5.74, 6) is -0.972. The van der Waals surface area contributed by atoms with Crippen molar-refractivity contribution in [2.75, 3.05) is 79.3 Å². The Morgan fingerprint density at radius 3 is 0.669 bits per heavy atom. The Bertz CT molecular complexity index is 3590. The van der Waals surface area contributed by atoms with Gasteiger partial charge in [-0.2, -0.15) is 0 Å². The number of ether oxygens (including phenoxy) is 23. The maximum Gasteiger partial charge on any atom is 0.217 e. The zero-order valence-corrected chi connectivity index (χ0v) is 71.5. The lowest BCUT2D eigenvalue weighted by Crippen LogP contribution is -2.69. The molecule has 12 fully saturated rings. The summed E-state index contributed by atoms with van der Waals surface area (Å²) >= 11 is 0. The van der Waals surface area contributed by atoms with Gasteiger partial charge in [-0.1, -0.05) is 0 Å². The number of aliphatic hydroxyl groups is 37. The predicted octanol–water partition coefficient (Wildman–Crippen LogP) is -27.0. The number of amides is 1. The molecule has 136 heavy (non-hydrogen) atoms. The Labute approximate surface area is 766 Å². The van der Waals surface area contributed by atoms with Crippen LogP contribution in [0.3, 0.4) is 0 Å². The molecular weight excluding hydrogens is 1880 g/mol. The number of hydrogen-bond donors (Lipinski definition) is 38. The van der Waals surface area contributed by atoms with Crippen molar-refractivity contribution in [1.29, 1.82) is 0 Å². The highest BCUT2D eigenvalue weighted by molar-refractivity contribution is 5.73. The summed E-state index contributed by atoms with van der Waals surface area (Å²) in [6.07, 6.45) is -132. The summed E-state index contributed by atoms with van der Waals surface area (Å²) in [6.45, 7) is -13.2. The van der Waals surface area contributed by atoms with Gasteiger partial charge in [-0.3, -0.25) is 4.79 Å². The highest BCUT2D eigenvalue weighted by Gasteiger charge is 2.63. The molecule has 0 aromatic rings. The summed E-state index contributed by atoms with van der Waals surface area (Å²) in [5, 5.41) is 415. The van der Waals surface area contributed by atoms with Crippen molar-refractivity contribution in [3.8, 4) is 0 Å². The van der Waals surface area contributed by atoms with Crippen LogP contribution < -0.4 is 5.32 Å². The van der Waals surface area contributed by atoms with Crippen molar-refractivity contribution in [2.24, 2.45) is 0 Å². The monoisotopic (exact) mass is 2000 g/mol. The van der Waals surface area contributed by atoms with Gasteiger partial charge in [-0.15, -0.1) is 0 Å². The summed E-state index contributed by atoms with van der Waals surface area (Å²) in [7, 11) is 0. The smallest absolute Gasteiger partial charge is 0.217 e. The fourth-order valence-electron chi connectivity index (χ4n) is 17.5. The Morgan fingerprint density at radius 1 is 0.191 bits per heavy atom. The Kier molecular flexibility index (Phi) is 40.0. The molecule has 1 amide bonds. The predicted molar refractivity (Wildman–Crippen MR) is 407 cm³/mol. The molecule has 12 aliphatic heterocycles. The van der Waals surface area contributed by atoms with Crippen LogP contribution in [0.25, 0.3) is 0 Å². The normalized spacial score (nSPS) is 52.8. The summed E-state index contributed by atoms with van der Waals surface area (Å²) < 4.78 is 134. The molecule has 60 atom stereocenters. The Balaban J connectivity index is 0.865. The van der Waals surface area contributed by atoms with E-state index >= 15 is 0 Å². The fourth-order valence-corrected chi connectivity index (χ4v) is 17.5. The number of nitrogens with one attached hydrogen (secondary N) is 1. The highest BCUT2D eigenvalue weighted by Crippen LogP contribution is 2.43. The van der Waals surface area contributed by atoms with Crippen molar-refractivity contribution in [3.63, 3.8) is 0 Å². The van der Waals surface area contributed by atoms with Gasteiger partial charge >= 0.3 is 0 Å². The number of carbonyl (C=O) groups is 1. The minimum absolute atomic E-state index is 0.908. The maximum absolute atomic E-state index is 12.8. The zero-order chi connectivity index (χ0) is 99.7. The third-order valence-corrected chi connectivity index (χ3v) is 25.5. The van der Waals surface area contributed by atoms with Crippen LogP contribution in [0.5, 0.6) is 0 Å². The molecule has 0 radical (unpaired) electrons. The van der Waals surface area contributed by atoms with Gasteiger partial charge in [-0.05, 0) is 0 Å². The summed E-state index contributed by atoms with van der Waals surface area (Å²) in [6, 6.07) is -1.94. The van der Waals surface area contributed by atoms with E-state index in [1.165, 1.54) is 0 Å². The Morgan fingerprint density at radius 2 is 0.375 bits per heavy atom. The molecule has 0 saturated carbocycles. The third-order valence-electron chi connectivity index (χ3n) is 25.5. The quantitative estimate of drug-likeness (QED) is 0.0280. The first-order valence-electron chi connectivity index (χ1n) is 43.2. The van der Waals surface area contributed by atoms with Crippen molar-refractivity contribution >= 4 is 5.91 Å². The molecule has 12 rings (SSSR count). The first kappa shape index (κ1) is 112. The minimum Gasteiger partial charge on any atom is -0.394 e. The van der Waals surface area contributed by atoms with Crippen LogP contribution in [0.4, 0.5) is 0 Å². The first-order chi connectivity index (χ1) is 64.5. The molecule has 62 heteroatoms. The first-order valence-corrected chi connectivity index (χ1v) is 43.2. The van der Waals surface area contributed by atoms with E-state index in [-0.39, 0.29) is 0 Å². The van der Waals surface area contributed by atoms with Crippen molar-refractivity contribution in [2.45, 2.75) is 375 Å². The average Bonchev–Trinajstić information content (AvgIpc) is 0.755. The zero-order valence-electron chi connectivity index (χ0n) is 71.5. The number of hydrogen-bond acceptors (Lipinski definition) is 61. The third kappa shape index (κ3) is 23.5. The highest BCUT2D eigenvalue weighted by atomic mass is 16.8. The SMILES string of the molecule is CC(=O)N[C@H]1C(O)O[C@H](CO)[C@@H](O)[C@@H]1O[C@@H]1O[C@H](CO[C@H]2O[C@H](CO[C@H]3O[C@H](CO)[C@@H](O)[C@H](O)[C@@H]3O[C@H]3O[C@H](CO)[C@@H](O)[C@H](O)[C@@H]3O)[C@@H](O)[C@H](O[C@H]3O[C@H](CO)[C@@H](O)[C@H](O)[C@@H]3O[C@H]3O[C@H](CO)[C@@H](O)[C@H](O)[C@@H]3O)[C@@H]2O)[C@@H](O)[C@H](O[C@H]2O[C@H](CO)[C@@H](O)[C@H](O)[C@@H]2O[C@H]2O[C@H](CO)[C@@H](O)[C@H](O)[C@@H]2O[C@H]2O[C@H](CO)[C@@H](O)[C@H](OC3O[C@H](CO)[C@@H](O)[C@H](OC4O[C@H](CO)[C@@H](O)[C@H](O)[C@H]4O)[C@H]3O)[C@@H]2O)[C@@H]1O. The van der Waals surface area contributed by atoms with Gasteiger partial charge in [0.05, 0.1) is 79.3 Å². The molecule has 3 unspecified atom stereocenters. The second-order valence-electron chi connectivity index (χ2n) is 34.4. The van der Waals surface area contributed by atoms with Crippen LogP contribution in [-0.2, 0) is 114 Å². The van der Waals surface area contributed by atoms with Gasteiger partial charge in [0.15, 0.2) is 75.5 Å². The van der Waals surface area contributed by atoms with Gasteiger partial charge in [-0.25, -0.2) is 0 Å². The van der Waals surface area contributed by atoms with Crippen LogP contribution >= 0.6 is 0 Å². The lowest BCUT2D eigenvalue weighted by molar-refractivity contribution is -0.411. The largest absolute Gasteiger partial charge is 0.394 e. The van der Waals surface area contributed by atoms with Crippen molar-refractivity contribution in [3.05, 3.63) is 0 Å². The Hall–Kier alpha value is -2.93. The molecule has 62 nitrogen and oxygen atoms in total. The van der Waals surface area contributed by atoms with E-state index in [1.54, 1.807) is 0 Å². The number of rotatable bonds is 35. The van der Waals surface area contributed by atoms with Gasteiger partial charge in [0.25, 0.3) is 0 Å². The average molecular weight is 2000 g/mol. The number of aliphatic hydroxyl groups excluding tert-OH is 37. The lowest BCUT2D eigenvalue weighted by Gasteiger charge is -2.51. The minimum atomic E-state index is -2.69. The molecule has 792 valence electrons. The van der Waals surface area contributed by atoms with Gasteiger partial charge in [0.1, 0.15) is 293 Å². The van der Waals surface area contributed by atoms with Gasteiger partial charge < -0.3 is 303 Å². The molecule has 12 saturated heterocycles. The molecular formula is C74H125NO61. The second kappa shape index (κ2) is 48.6. The molecule has 12 heterocycles. The van der Waals surface area contributed by atoms with Crippen molar-refractivity contribution < 1.29 is 303 Å². The van der Waals surface area contributed by atoms with E-state index in [0.717, 1.165) is 6.92 Å². The second-order valence-corrected chi connectivity index (χ2v) is 34.4. The molecule has 0 spiro atoms. The van der Waals surface area contributed by atoms with Crippen LogP contribution in [0, 0.1) is 0 Å². The summed E-state index contributed by atoms with van der Waals surface area (Å²) in [4.78, 5) is 12.8. The molecule has 0 aromatic heterocycles. The lowest BCUT2D eigenvalue weighted by atomic mass is 9.94. The number of carbonyl (C=O) groups excluding carboxylic acids is 1. The van der Waals surface area contributed by atoms with Gasteiger partial charge in [0, 0.05) is 6.92 Å². The van der Waals surface area contributed by atoms with Crippen LogP contribution in [0.1, 0.15) is 6.92 Å². The van der Waals surface area contributed by atoms with Crippen LogP contribution in [0.2, 0.25) is 0 Å². The van der Waals surface area contributed by atoms with E-state index in [1.807, 2.05) is 0 Å². The maximum atomic E-state index is 12.8. The van der Waals surface area contributed by atoms with E-state index < -0.39 is 454 Å². The fraction of sp³-hybridized carbons (Fsp3) is 0.986. The molecule has 12 aliphatic rings. The topological polar surface area (TPSA) is 990 Å². The van der Waals surface area contributed by atoms with Crippen molar-refractivity contribution in [1.82, 2.24) is 5.32 Å². The van der Waals surface area contributed by atoms with Gasteiger partial charge in [0.2, 0.25) is 5.91 Å². The van der Waals surface area contributed by atoms with E-state index in [9.17, 15) is 194 Å². The standard InChI is InChI=1S/C74H125NO61/c1-14(86)75-27-54(35(94)22(9-83)116-63(27)113)128-70-53(112)58(132-73-62(46(105)34(93)20(7-81)124-73)136-74-61(45(104)33(92)21(8-82)125-74)135-69-52(111)56(37(96)24(11-85)121-69)130-68-51(110)55(36(95)23(10-84)120-68)129-65-47(106)40(99)28(87)15(2-76)117-65)39(98)26(127-70)12-114-64-50(109)57(131-72-60(44(103)32(91)19(6-80)123-72)134-67-49(108)42(101)30(89)17(4-78)119-67)38(97)25(126-64)13-115-71-59(43(102)31(90)18(5-79)122-71)133-66-48(107)41(100)29(88)16(3-77)118-66/h15-74,76-85,87-113H,2-13H2,1H3,(H,75,86)/t15-,16-,17-,18-,19-,20-,21-,22-,23-,24-,25-,26-,27-,28-,29-,30-,31-,32-,33-,34-,35-,36-,37-,38-,39-,40+,41+,42+,43+,44+,45+,46+,47-,48+,49+,50+,51-,52+,53+,54-,55+,56+,57+,58+,59+,60+,61+,62+,63?,64+,65?,66-,67-,68?,69-,70+,71+,72-,73-,74-/m1/s1. The molecule has 38 N–H and O–H groups in total. The van der Waals surface area contributed by atoms with E-state index in [4.69, 9.17) is 109 Å². The molecule has 0 aromatic carbocycles. The van der Waals surface area contributed by atoms with Crippen LogP contribution in [0.15, 0.2) is 0 Å².